The molecule has 0 spiro atoms. The molecule has 1 amide bonds. The monoisotopic (exact) mass is 308 g/mol. The number of aryl methyl sites for hydroxylation is 1. The summed E-state index contributed by atoms with van der Waals surface area (Å²) in [4.78, 5) is 14.5. The van der Waals surface area contributed by atoms with Crippen molar-refractivity contribution in [2.24, 2.45) is 0 Å². The van der Waals surface area contributed by atoms with Gasteiger partial charge in [-0.25, -0.2) is 0 Å². The molecule has 23 heavy (non-hydrogen) atoms. The van der Waals surface area contributed by atoms with E-state index < -0.39 is 0 Å². The van der Waals surface area contributed by atoms with E-state index in [2.05, 4.69) is 55.6 Å². The fourth-order valence-electron chi connectivity index (χ4n) is 3.32. The standard InChI is InChI=1S/C20H24N2O/c1-15-6-5-7-17(12-15)14-21-11-10-20(23)22-16(2)13-18-8-3-4-9-19(18)22/h3-9,12,16,21H,10-11,13-14H2,1-2H3. The number of amides is 1. The molecule has 0 aliphatic carbocycles. The fraction of sp³-hybridized carbons (Fsp3) is 0.350. The molecule has 0 bridgehead atoms. The van der Waals surface area contributed by atoms with Gasteiger partial charge in [0.2, 0.25) is 5.91 Å². The highest BCUT2D eigenvalue weighted by Crippen LogP contribution is 2.32. The summed E-state index contributed by atoms with van der Waals surface area (Å²) in [7, 11) is 0. The lowest BCUT2D eigenvalue weighted by atomic mass is 10.1. The van der Waals surface area contributed by atoms with Crippen LogP contribution in [0.15, 0.2) is 48.5 Å². The molecule has 0 radical (unpaired) electrons. The lowest BCUT2D eigenvalue weighted by Gasteiger charge is -2.22. The molecule has 2 aromatic rings. The number of nitrogens with zero attached hydrogens (tertiary/aromatic N) is 1. The van der Waals surface area contributed by atoms with Gasteiger partial charge < -0.3 is 10.2 Å². The van der Waals surface area contributed by atoms with Gasteiger partial charge in [-0.3, -0.25) is 4.79 Å². The van der Waals surface area contributed by atoms with Gasteiger partial charge in [0.25, 0.3) is 0 Å². The molecule has 1 heterocycles. The first-order valence-corrected chi connectivity index (χ1v) is 8.31. The number of para-hydroxylation sites is 1. The summed E-state index contributed by atoms with van der Waals surface area (Å²) in [6.45, 7) is 5.73. The van der Waals surface area contributed by atoms with E-state index in [0.717, 1.165) is 18.7 Å². The Morgan fingerprint density at radius 2 is 2.04 bits per heavy atom. The van der Waals surface area contributed by atoms with Gasteiger partial charge in [-0.2, -0.15) is 0 Å². The van der Waals surface area contributed by atoms with Crippen molar-refractivity contribution < 1.29 is 4.79 Å². The molecular formula is C20H24N2O. The lowest BCUT2D eigenvalue weighted by Crippen LogP contribution is -2.37. The van der Waals surface area contributed by atoms with Gasteiger partial charge in [0.15, 0.2) is 0 Å². The van der Waals surface area contributed by atoms with Gasteiger partial charge in [0, 0.05) is 31.2 Å². The van der Waals surface area contributed by atoms with Crippen LogP contribution in [0, 0.1) is 6.92 Å². The first-order chi connectivity index (χ1) is 11.1. The van der Waals surface area contributed by atoms with Gasteiger partial charge in [0.05, 0.1) is 0 Å². The van der Waals surface area contributed by atoms with Crippen LogP contribution in [0.2, 0.25) is 0 Å². The van der Waals surface area contributed by atoms with Crippen LogP contribution in [0.1, 0.15) is 30.0 Å². The zero-order valence-electron chi connectivity index (χ0n) is 13.9. The Morgan fingerprint density at radius 1 is 1.22 bits per heavy atom. The Kier molecular flexibility index (Phi) is 4.77. The molecule has 1 atom stereocenters. The van der Waals surface area contributed by atoms with Crippen molar-refractivity contribution >= 4 is 11.6 Å². The van der Waals surface area contributed by atoms with Gasteiger partial charge in [-0.15, -0.1) is 0 Å². The second-order valence-electron chi connectivity index (χ2n) is 6.36. The maximum Gasteiger partial charge on any atom is 0.228 e. The summed E-state index contributed by atoms with van der Waals surface area (Å²) >= 11 is 0. The molecule has 1 N–H and O–H groups in total. The van der Waals surface area contributed by atoms with E-state index in [9.17, 15) is 4.79 Å². The number of hydrogen-bond donors (Lipinski definition) is 1. The molecule has 1 unspecified atom stereocenters. The summed E-state index contributed by atoms with van der Waals surface area (Å²) in [5, 5.41) is 3.37. The number of rotatable bonds is 5. The molecule has 0 saturated heterocycles. The molecular weight excluding hydrogens is 284 g/mol. The SMILES string of the molecule is Cc1cccc(CNCCC(=O)N2c3ccccc3CC2C)c1. The zero-order chi connectivity index (χ0) is 16.2. The molecule has 1 aliphatic heterocycles. The normalized spacial score (nSPS) is 16.4. The number of benzene rings is 2. The van der Waals surface area contributed by atoms with E-state index >= 15 is 0 Å². The summed E-state index contributed by atoms with van der Waals surface area (Å²) in [5.41, 5.74) is 4.89. The number of nitrogens with one attached hydrogen (secondary N) is 1. The van der Waals surface area contributed by atoms with E-state index in [4.69, 9.17) is 0 Å². The number of fused-ring (bicyclic) bond motifs is 1. The molecule has 0 aromatic heterocycles. The summed E-state index contributed by atoms with van der Waals surface area (Å²) in [6, 6.07) is 16.9. The van der Waals surface area contributed by atoms with Gasteiger partial charge in [0.1, 0.15) is 0 Å². The minimum atomic E-state index is 0.208. The predicted octanol–water partition coefficient (Wildman–Crippen LogP) is 3.45. The average molecular weight is 308 g/mol. The third kappa shape index (κ3) is 3.62. The van der Waals surface area contributed by atoms with Crippen LogP contribution in [0.4, 0.5) is 5.69 Å². The Morgan fingerprint density at radius 3 is 2.87 bits per heavy atom. The van der Waals surface area contributed by atoms with Crippen molar-refractivity contribution in [1.82, 2.24) is 5.32 Å². The van der Waals surface area contributed by atoms with Crippen LogP contribution in [0.5, 0.6) is 0 Å². The summed E-state index contributed by atoms with van der Waals surface area (Å²) < 4.78 is 0. The fourth-order valence-corrected chi connectivity index (χ4v) is 3.32. The Hall–Kier alpha value is -2.13. The first-order valence-electron chi connectivity index (χ1n) is 8.31. The van der Waals surface area contributed by atoms with Crippen LogP contribution in [0.3, 0.4) is 0 Å². The molecule has 1 aliphatic rings. The maximum absolute atomic E-state index is 12.6. The lowest BCUT2D eigenvalue weighted by molar-refractivity contribution is -0.118. The van der Waals surface area contributed by atoms with Crippen LogP contribution < -0.4 is 10.2 Å². The van der Waals surface area contributed by atoms with Crippen LogP contribution in [-0.2, 0) is 17.8 Å². The molecule has 0 fully saturated rings. The second kappa shape index (κ2) is 6.97. The molecule has 3 rings (SSSR count). The summed E-state index contributed by atoms with van der Waals surface area (Å²) in [6.07, 6.45) is 1.49. The van der Waals surface area contributed by atoms with Gasteiger partial charge >= 0.3 is 0 Å². The minimum absolute atomic E-state index is 0.208. The van der Waals surface area contributed by atoms with E-state index in [-0.39, 0.29) is 11.9 Å². The highest BCUT2D eigenvalue weighted by molar-refractivity contribution is 5.96. The van der Waals surface area contributed by atoms with Crippen molar-refractivity contribution in [3.8, 4) is 0 Å². The molecule has 0 saturated carbocycles. The van der Waals surface area contributed by atoms with E-state index in [0.29, 0.717) is 13.0 Å². The van der Waals surface area contributed by atoms with Gasteiger partial charge in [-0.05, 0) is 37.5 Å². The summed E-state index contributed by atoms with van der Waals surface area (Å²) in [5.74, 6) is 0.208. The van der Waals surface area contributed by atoms with Crippen LogP contribution >= 0.6 is 0 Å². The van der Waals surface area contributed by atoms with E-state index in [1.165, 1.54) is 16.7 Å². The van der Waals surface area contributed by atoms with Crippen molar-refractivity contribution in [3.63, 3.8) is 0 Å². The zero-order valence-corrected chi connectivity index (χ0v) is 13.9. The average Bonchev–Trinajstić information content (AvgIpc) is 2.87. The Bertz CT molecular complexity index is 696. The molecule has 3 nitrogen and oxygen atoms in total. The van der Waals surface area contributed by atoms with Gasteiger partial charge in [-0.1, -0.05) is 48.0 Å². The second-order valence-corrected chi connectivity index (χ2v) is 6.36. The van der Waals surface area contributed by atoms with Crippen LogP contribution in [-0.4, -0.2) is 18.5 Å². The first kappa shape index (κ1) is 15.8. The predicted molar refractivity (Wildman–Crippen MR) is 94.6 cm³/mol. The molecule has 3 heteroatoms. The topological polar surface area (TPSA) is 32.3 Å². The molecule has 120 valence electrons. The van der Waals surface area contributed by atoms with Crippen LogP contribution in [0.25, 0.3) is 0 Å². The highest BCUT2D eigenvalue weighted by atomic mass is 16.2. The third-order valence-corrected chi connectivity index (χ3v) is 4.40. The Balaban J connectivity index is 1.52. The van der Waals surface area contributed by atoms with Crippen molar-refractivity contribution in [2.45, 2.75) is 39.3 Å². The van der Waals surface area contributed by atoms with Crippen molar-refractivity contribution in [2.75, 3.05) is 11.4 Å². The number of hydrogen-bond acceptors (Lipinski definition) is 2. The minimum Gasteiger partial charge on any atom is -0.312 e. The molecule has 2 aromatic carbocycles. The van der Waals surface area contributed by atoms with E-state index in [1.54, 1.807) is 0 Å². The van der Waals surface area contributed by atoms with Crippen molar-refractivity contribution in [1.29, 1.82) is 0 Å². The number of carbonyl (C=O) groups is 1. The number of carbonyl (C=O) groups excluding carboxylic acids is 1. The third-order valence-electron chi connectivity index (χ3n) is 4.40. The van der Waals surface area contributed by atoms with E-state index in [1.807, 2.05) is 17.0 Å². The maximum atomic E-state index is 12.6. The largest absolute Gasteiger partial charge is 0.312 e. The van der Waals surface area contributed by atoms with Crippen molar-refractivity contribution in [3.05, 3.63) is 65.2 Å². The highest BCUT2D eigenvalue weighted by Gasteiger charge is 2.29. The number of anilines is 1. The smallest absolute Gasteiger partial charge is 0.228 e. The quantitative estimate of drug-likeness (QED) is 0.858. The Labute approximate surface area is 138 Å².